The van der Waals surface area contributed by atoms with Crippen molar-refractivity contribution in [2.75, 3.05) is 6.61 Å². The van der Waals surface area contributed by atoms with Crippen molar-refractivity contribution in [3.8, 4) is 0 Å². The van der Waals surface area contributed by atoms with Crippen LogP contribution in [0.4, 0.5) is 0 Å². The quantitative estimate of drug-likeness (QED) is 0.0424. The first-order chi connectivity index (χ1) is 32.2. The first-order valence-electron chi connectivity index (χ1n) is 23.3. The van der Waals surface area contributed by atoms with Crippen molar-refractivity contribution in [1.29, 1.82) is 0 Å². The van der Waals surface area contributed by atoms with E-state index in [1.165, 1.54) is 23.5 Å². The van der Waals surface area contributed by atoms with E-state index in [4.69, 9.17) is 38.6 Å². The first-order valence-corrected chi connectivity index (χ1v) is 25.9. The van der Waals surface area contributed by atoms with E-state index in [1.54, 1.807) is 27.7 Å². The Bertz CT molecular complexity index is 2280. The summed E-state index contributed by atoms with van der Waals surface area (Å²) in [5, 5.41) is -0.211. The lowest BCUT2D eigenvalue weighted by Crippen LogP contribution is -2.30. The molecule has 4 rings (SSSR count). The fourth-order valence-corrected chi connectivity index (χ4v) is 8.45. The summed E-state index contributed by atoms with van der Waals surface area (Å²) >= 11 is 12.8. The number of hydrogen-bond acceptors (Lipinski definition) is 14. The molecule has 0 amide bonds. The standard InChI is InChI=1S/C19H26O3S2.C17H22O3.C13H16O2S2.C7H12O2/c1-12-7-9-15(10-8-12)17(20)13(2)11-16(24-14(3)23)22-18(21)19(4,5)6;1-10-6-7-12-13(8-10)14(9-11(2)15(12)18)20-16(19)17(3,4)5;1-4-15-13(16)17-10(3)12(14)11-7-5-9(2)6-8-11;1-5-9-6(8)7(2,3)4/h7-10,13,16H,11H2,1-6H3;6-8,11,14H,9H2,1-5H3;5-8,10H,4H2,1-3H3;5H,1H2,2-4H3. The van der Waals surface area contributed by atoms with Gasteiger partial charge in [-0.25, -0.2) is 0 Å². The van der Waals surface area contributed by atoms with Crippen LogP contribution in [0.2, 0.25) is 0 Å². The molecular formula is C56H76O10S4. The van der Waals surface area contributed by atoms with Crippen LogP contribution in [-0.4, -0.2) is 61.1 Å². The molecule has 10 nitrogen and oxygen atoms in total. The molecule has 5 unspecified atom stereocenters. The second-order valence-corrected chi connectivity index (χ2v) is 24.5. The number of ether oxygens (including phenoxy) is 4. The van der Waals surface area contributed by atoms with E-state index in [1.807, 2.05) is 157 Å². The van der Waals surface area contributed by atoms with Gasteiger partial charge in [0.2, 0.25) is 4.38 Å². The van der Waals surface area contributed by atoms with Gasteiger partial charge in [-0.05, 0) is 122 Å². The molecule has 3 aromatic carbocycles. The lowest BCUT2D eigenvalue weighted by atomic mass is 9.81. The van der Waals surface area contributed by atoms with Gasteiger partial charge in [-0.15, -0.1) is 0 Å². The van der Waals surface area contributed by atoms with Crippen molar-refractivity contribution < 1.29 is 47.7 Å². The Labute approximate surface area is 437 Å². The first kappa shape index (κ1) is 63.5. The highest BCUT2D eigenvalue weighted by molar-refractivity contribution is 8.23. The normalized spacial score (nSPS) is 15.4. The summed E-state index contributed by atoms with van der Waals surface area (Å²) in [6.07, 6.45) is 1.84. The van der Waals surface area contributed by atoms with Gasteiger partial charge in [-0.2, -0.15) is 0 Å². The lowest BCUT2D eigenvalue weighted by molar-refractivity contribution is -0.160. The fourth-order valence-electron chi connectivity index (χ4n) is 5.97. The van der Waals surface area contributed by atoms with Crippen LogP contribution in [0.5, 0.6) is 0 Å². The molecule has 14 heteroatoms. The molecule has 5 atom stereocenters. The maximum atomic E-state index is 12.6. The van der Waals surface area contributed by atoms with Gasteiger partial charge < -0.3 is 18.9 Å². The van der Waals surface area contributed by atoms with Crippen LogP contribution in [0.1, 0.15) is 169 Å². The summed E-state index contributed by atoms with van der Waals surface area (Å²) in [5.74, 6) is -0.856. The summed E-state index contributed by atoms with van der Waals surface area (Å²) < 4.78 is 22.1. The average molecular weight is 1040 g/mol. The summed E-state index contributed by atoms with van der Waals surface area (Å²) in [6, 6.07) is 20.8. The third kappa shape index (κ3) is 22.7. The van der Waals surface area contributed by atoms with Crippen molar-refractivity contribution in [2.24, 2.45) is 28.1 Å². The van der Waals surface area contributed by atoms with E-state index in [-0.39, 0.29) is 58.4 Å². The molecule has 0 aliphatic heterocycles. The van der Waals surface area contributed by atoms with Crippen molar-refractivity contribution in [3.63, 3.8) is 0 Å². The highest BCUT2D eigenvalue weighted by Gasteiger charge is 2.36. The molecule has 0 saturated carbocycles. The molecule has 1 aliphatic carbocycles. The van der Waals surface area contributed by atoms with E-state index in [0.29, 0.717) is 39.2 Å². The molecule has 0 fully saturated rings. The lowest BCUT2D eigenvalue weighted by Gasteiger charge is -2.30. The van der Waals surface area contributed by atoms with Crippen LogP contribution < -0.4 is 0 Å². The van der Waals surface area contributed by atoms with Gasteiger partial charge in [0, 0.05) is 44.7 Å². The van der Waals surface area contributed by atoms with Crippen LogP contribution in [-0.2, 0) is 33.3 Å². The number of thioether (sulfide) groups is 2. The van der Waals surface area contributed by atoms with E-state index in [0.717, 1.165) is 34.1 Å². The smallest absolute Gasteiger partial charge is 0.316 e. The van der Waals surface area contributed by atoms with Crippen LogP contribution >= 0.6 is 48.0 Å². The van der Waals surface area contributed by atoms with E-state index >= 15 is 0 Å². The Morgan fingerprint density at radius 2 is 1.20 bits per heavy atom. The molecular weight excluding hydrogens is 961 g/mol. The van der Waals surface area contributed by atoms with E-state index in [9.17, 15) is 28.8 Å². The fraction of sp³-hybridized carbons (Fsp3) is 0.500. The van der Waals surface area contributed by atoms with Gasteiger partial charge in [0.1, 0.15) is 6.10 Å². The van der Waals surface area contributed by atoms with Crippen molar-refractivity contribution in [2.45, 2.75) is 147 Å². The largest absolute Gasteiger partial charge is 0.479 e. The van der Waals surface area contributed by atoms with Gasteiger partial charge in [0.25, 0.3) is 0 Å². The van der Waals surface area contributed by atoms with Crippen molar-refractivity contribution >= 4 is 91.8 Å². The molecule has 0 bridgehead atoms. The molecule has 0 heterocycles. The molecule has 384 valence electrons. The third-order valence-electron chi connectivity index (χ3n) is 10.2. The number of esters is 3. The zero-order valence-electron chi connectivity index (χ0n) is 44.4. The second kappa shape index (κ2) is 29.1. The monoisotopic (exact) mass is 1040 g/mol. The number of fused-ring (bicyclic) bond motifs is 1. The highest BCUT2D eigenvalue weighted by atomic mass is 32.2. The zero-order chi connectivity index (χ0) is 53.9. The van der Waals surface area contributed by atoms with Crippen molar-refractivity contribution in [3.05, 3.63) is 119 Å². The van der Waals surface area contributed by atoms with Gasteiger partial charge in [-0.3, -0.25) is 28.8 Å². The molecule has 0 spiro atoms. The van der Waals surface area contributed by atoms with Gasteiger partial charge in [0.05, 0.1) is 34.4 Å². The van der Waals surface area contributed by atoms with E-state index < -0.39 is 21.7 Å². The second-order valence-electron chi connectivity index (χ2n) is 20.3. The maximum Gasteiger partial charge on any atom is 0.316 e. The Balaban J connectivity index is 0.000000488. The Kier molecular flexibility index (Phi) is 26.4. The number of Topliss-reactive ketones (excluding diaryl/α,β-unsaturated/α-hetero) is 3. The maximum absolute atomic E-state index is 12.6. The number of rotatable bonds is 12. The third-order valence-corrected chi connectivity index (χ3v) is 12.7. The average Bonchev–Trinajstić information content (AvgIpc) is 3.25. The number of ketones is 3. The number of thiocarbonyl (C=S) groups is 2. The predicted octanol–water partition coefficient (Wildman–Crippen LogP) is 14.4. The number of hydrogen-bond donors (Lipinski definition) is 0. The SMILES string of the molecule is C=COC(=O)C(C)(C)C.CC(=S)SC(CC(C)C(=O)c1ccc(C)cc1)OC(=O)C(C)(C)C.CCOC(=S)SC(C)C(=O)c1ccc(C)cc1.Cc1ccc2c(c1)C(OC(=O)C(C)(C)C)CC(C)C2=O. The molecule has 1 aliphatic rings. The summed E-state index contributed by atoms with van der Waals surface area (Å²) in [5.41, 5.74) is 4.29. The van der Waals surface area contributed by atoms with E-state index in [2.05, 4.69) is 11.3 Å². The minimum absolute atomic E-state index is 0.0504. The number of carbonyl (C=O) groups is 6. The predicted molar refractivity (Wildman–Crippen MR) is 295 cm³/mol. The van der Waals surface area contributed by atoms with Gasteiger partial charge in [0.15, 0.2) is 22.8 Å². The molecule has 0 aromatic heterocycles. The summed E-state index contributed by atoms with van der Waals surface area (Å²) in [4.78, 5) is 71.9. The van der Waals surface area contributed by atoms with Crippen LogP contribution in [0, 0.1) is 48.9 Å². The van der Waals surface area contributed by atoms with Crippen molar-refractivity contribution in [1.82, 2.24) is 0 Å². The van der Waals surface area contributed by atoms with Gasteiger partial charge in [-0.1, -0.05) is 140 Å². The molecule has 0 N–H and O–H groups in total. The van der Waals surface area contributed by atoms with Crippen LogP contribution in [0.25, 0.3) is 0 Å². The molecule has 0 saturated heterocycles. The molecule has 70 heavy (non-hydrogen) atoms. The van der Waals surface area contributed by atoms with Gasteiger partial charge >= 0.3 is 17.9 Å². The Hall–Kier alpha value is -4.50. The minimum Gasteiger partial charge on any atom is -0.479 e. The number of aryl methyl sites for hydroxylation is 3. The Morgan fingerprint density at radius 3 is 1.63 bits per heavy atom. The van der Waals surface area contributed by atoms with Crippen LogP contribution in [0.15, 0.2) is 79.6 Å². The highest BCUT2D eigenvalue weighted by Crippen LogP contribution is 2.37. The summed E-state index contributed by atoms with van der Waals surface area (Å²) in [7, 11) is 0. The molecule has 3 aromatic rings. The number of benzene rings is 3. The zero-order valence-corrected chi connectivity index (χ0v) is 47.6. The topological polar surface area (TPSA) is 139 Å². The van der Waals surface area contributed by atoms with Crippen LogP contribution in [0.3, 0.4) is 0 Å². The minimum atomic E-state index is -0.585. The number of carbonyl (C=O) groups excluding carboxylic acids is 6. The molecule has 0 radical (unpaired) electrons. The summed E-state index contributed by atoms with van der Waals surface area (Å²) in [6.45, 7) is 35.3. The Morgan fingerprint density at radius 1 is 0.729 bits per heavy atom.